The average molecular weight is 276 g/mol. The highest BCUT2D eigenvalue weighted by Gasteiger charge is 2.38. The third-order valence-corrected chi connectivity index (χ3v) is 5.91. The van der Waals surface area contributed by atoms with Gasteiger partial charge in [-0.2, -0.15) is 11.8 Å². The molecule has 0 amide bonds. The predicted octanol–water partition coefficient (Wildman–Crippen LogP) is 3.86. The number of methoxy groups -OCH3 is 1. The minimum atomic E-state index is 0.204. The van der Waals surface area contributed by atoms with Crippen LogP contribution >= 0.6 is 11.8 Å². The molecule has 2 nitrogen and oxygen atoms in total. The zero-order valence-corrected chi connectivity index (χ0v) is 12.3. The summed E-state index contributed by atoms with van der Waals surface area (Å²) in [6.45, 7) is 2.02. The van der Waals surface area contributed by atoms with Gasteiger partial charge >= 0.3 is 0 Å². The number of aryl methyl sites for hydroxylation is 1. The van der Waals surface area contributed by atoms with Gasteiger partial charge in [-0.25, -0.2) is 0 Å². The molecular weight excluding hydrogens is 256 g/mol. The molecule has 0 saturated carbocycles. The lowest BCUT2D eigenvalue weighted by atomic mass is 9.89. The van der Waals surface area contributed by atoms with E-state index in [1.165, 1.54) is 12.8 Å². The molecule has 0 aliphatic carbocycles. The summed E-state index contributed by atoms with van der Waals surface area (Å²) in [4.78, 5) is 12.7. The molecule has 2 fully saturated rings. The van der Waals surface area contributed by atoms with Crippen molar-refractivity contribution < 1.29 is 9.53 Å². The summed E-state index contributed by atoms with van der Waals surface area (Å²) in [6.07, 6.45) is 4.70. The van der Waals surface area contributed by atoms with Crippen molar-refractivity contribution in [3.8, 4) is 5.75 Å². The molecule has 2 aliphatic heterocycles. The van der Waals surface area contributed by atoms with Gasteiger partial charge in [-0.3, -0.25) is 4.79 Å². The van der Waals surface area contributed by atoms with Crippen molar-refractivity contribution in [3.05, 3.63) is 29.3 Å². The number of rotatable bonds is 3. The van der Waals surface area contributed by atoms with Crippen LogP contribution in [0.5, 0.6) is 5.75 Å². The first kappa shape index (κ1) is 13.0. The molecule has 0 aromatic heterocycles. The first-order valence-electron chi connectivity index (χ1n) is 7.01. The van der Waals surface area contributed by atoms with Crippen molar-refractivity contribution in [2.45, 2.75) is 43.1 Å². The summed E-state index contributed by atoms with van der Waals surface area (Å²) in [6, 6.07) is 5.89. The second-order valence-electron chi connectivity index (χ2n) is 5.69. The molecule has 1 aromatic rings. The van der Waals surface area contributed by atoms with E-state index in [-0.39, 0.29) is 11.7 Å². The first-order valence-corrected chi connectivity index (χ1v) is 7.96. The highest BCUT2D eigenvalue weighted by molar-refractivity contribution is 8.00. The lowest BCUT2D eigenvalue weighted by Gasteiger charge is -2.26. The Kier molecular flexibility index (Phi) is 3.57. The normalized spacial score (nSPS) is 29.3. The first-order chi connectivity index (χ1) is 9.17. The van der Waals surface area contributed by atoms with Gasteiger partial charge in [-0.05, 0) is 50.3 Å². The van der Waals surface area contributed by atoms with Gasteiger partial charge in [0.2, 0.25) is 0 Å². The van der Waals surface area contributed by atoms with Crippen molar-refractivity contribution in [3.63, 3.8) is 0 Å². The Bertz CT molecular complexity index is 486. The van der Waals surface area contributed by atoms with Gasteiger partial charge in [0.1, 0.15) is 5.75 Å². The number of thioether (sulfide) groups is 1. The molecule has 0 radical (unpaired) electrons. The van der Waals surface area contributed by atoms with Crippen LogP contribution < -0.4 is 4.74 Å². The van der Waals surface area contributed by atoms with Crippen molar-refractivity contribution in [1.82, 2.24) is 0 Å². The Morgan fingerprint density at radius 2 is 1.95 bits per heavy atom. The van der Waals surface area contributed by atoms with Gasteiger partial charge in [-0.15, -0.1) is 0 Å². The number of Topliss-reactive ketones (excluding diaryl/α,β-unsaturated/α-hetero) is 1. The van der Waals surface area contributed by atoms with Crippen molar-refractivity contribution in [2.24, 2.45) is 5.92 Å². The van der Waals surface area contributed by atoms with Crippen LogP contribution in [-0.2, 0) is 0 Å². The van der Waals surface area contributed by atoms with E-state index in [9.17, 15) is 4.79 Å². The standard InChI is InChI=1S/C16H20O2S/c1-10-3-6-14(15(7-10)18-2)16(17)11-8-12-4-5-13(9-11)19-12/h3,6-7,11-13H,4-5,8-9H2,1-2H3. The zero-order valence-electron chi connectivity index (χ0n) is 11.5. The molecule has 1 aromatic carbocycles. The van der Waals surface area contributed by atoms with Crippen LogP contribution in [0.1, 0.15) is 41.6 Å². The average Bonchev–Trinajstić information content (AvgIpc) is 2.76. The van der Waals surface area contributed by atoms with Gasteiger partial charge in [-0.1, -0.05) is 6.07 Å². The number of benzene rings is 1. The van der Waals surface area contributed by atoms with Crippen molar-refractivity contribution in [1.29, 1.82) is 0 Å². The summed E-state index contributed by atoms with van der Waals surface area (Å²) in [7, 11) is 1.64. The quantitative estimate of drug-likeness (QED) is 0.784. The second kappa shape index (κ2) is 5.20. The third-order valence-electron chi connectivity index (χ3n) is 4.28. The second-order valence-corrected chi connectivity index (χ2v) is 7.30. The fourth-order valence-corrected chi connectivity index (χ4v) is 5.07. The van der Waals surface area contributed by atoms with E-state index in [0.717, 1.165) is 29.7 Å². The lowest BCUT2D eigenvalue weighted by molar-refractivity contribution is 0.0904. The smallest absolute Gasteiger partial charge is 0.169 e. The van der Waals surface area contributed by atoms with E-state index in [1.54, 1.807) is 7.11 Å². The maximum Gasteiger partial charge on any atom is 0.169 e. The van der Waals surface area contributed by atoms with E-state index in [1.807, 2.05) is 25.1 Å². The summed E-state index contributed by atoms with van der Waals surface area (Å²) in [5, 5.41) is 1.42. The summed E-state index contributed by atoms with van der Waals surface area (Å²) in [5.41, 5.74) is 1.90. The van der Waals surface area contributed by atoms with Gasteiger partial charge in [0, 0.05) is 16.4 Å². The molecule has 2 saturated heterocycles. The molecule has 0 N–H and O–H groups in total. The van der Waals surface area contributed by atoms with Crippen LogP contribution in [0.4, 0.5) is 0 Å². The minimum absolute atomic E-state index is 0.204. The summed E-state index contributed by atoms with van der Waals surface area (Å²) < 4.78 is 5.38. The molecule has 3 rings (SSSR count). The Morgan fingerprint density at radius 1 is 1.26 bits per heavy atom. The van der Waals surface area contributed by atoms with Gasteiger partial charge < -0.3 is 4.74 Å². The van der Waals surface area contributed by atoms with Crippen LogP contribution in [0.2, 0.25) is 0 Å². The number of ether oxygens (including phenoxy) is 1. The Morgan fingerprint density at radius 3 is 2.58 bits per heavy atom. The number of hydrogen-bond acceptors (Lipinski definition) is 3. The van der Waals surface area contributed by atoms with Gasteiger partial charge in [0.25, 0.3) is 0 Å². The molecule has 3 heteroatoms. The van der Waals surface area contributed by atoms with Crippen LogP contribution in [-0.4, -0.2) is 23.4 Å². The number of fused-ring (bicyclic) bond motifs is 2. The van der Waals surface area contributed by atoms with Crippen LogP contribution in [0.15, 0.2) is 18.2 Å². The lowest BCUT2D eigenvalue weighted by Crippen LogP contribution is -2.25. The Balaban J connectivity index is 1.84. The molecular formula is C16H20O2S. The number of carbonyl (C=O) groups excluding carboxylic acids is 1. The number of hydrogen-bond donors (Lipinski definition) is 0. The zero-order chi connectivity index (χ0) is 13.4. The maximum absolute atomic E-state index is 12.7. The number of carbonyl (C=O) groups is 1. The summed E-state index contributed by atoms with van der Waals surface area (Å²) in [5.74, 6) is 1.22. The van der Waals surface area contributed by atoms with Gasteiger partial charge in [0.05, 0.1) is 12.7 Å². The maximum atomic E-state index is 12.7. The molecule has 0 spiro atoms. The Hall–Kier alpha value is -0.960. The fraction of sp³-hybridized carbons (Fsp3) is 0.562. The molecule has 2 heterocycles. The molecule has 102 valence electrons. The number of ketones is 1. The SMILES string of the molecule is COc1cc(C)ccc1C(=O)C1CC2CCC(C1)S2. The topological polar surface area (TPSA) is 26.3 Å². The molecule has 2 aliphatic rings. The van der Waals surface area contributed by atoms with Gasteiger partial charge in [0.15, 0.2) is 5.78 Å². The molecule has 2 unspecified atom stereocenters. The van der Waals surface area contributed by atoms with E-state index in [0.29, 0.717) is 10.5 Å². The van der Waals surface area contributed by atoms with Crippen molar-refractivity contribution in [2.75, 3.05) is 7.11 Å². The minimum Gasteiger partial charge on any atom is -0.496 e. The van der Waals surface area contributed by atoms with E-state index in [2.05, 4.69) is 11.8 Å². The monoisotopic (exact) mass is 276 g/mol. The van der Waals surface area contributed by atoms with Crippen LogP contribution in [0, 0.1) is 12.8 Å². The third kappa shape index (κ3) is 2.53. The van der Waals surface area contributed by atoms with Crippen molar-refractivity contribution >= 4 is 17.5 Å². The van der Waals surface area contributed by atoms with E-state index in [4.69, 9.17) is 4.74 Å². The van der Waals surface area contributed by atoms with E-state index >= 15 is 0 Å². The fourth-order valence-electron chi connectivity index (χ4n) is 3.29. The molecule has 2 atom stereocenters. The molecule has 19 heavy (non-hydrogen) atoms. The van der Waals surface area contributed by atoms with Crippen LogP contribution in [0.25, 0.3) is 0 Å². The summed E-state index contributed by atoms with van der Waals surface area (Å²) >= 11 is 2.10. The Labute approximate surface area is 118 Å². The highest BCUT2D eigenvalue weighted by atomic mass is 32.2. The molecule has 2 bridgehead atoms. The highest BCUT2D eigenvalue weighted by Crippen LogP contribution is 2.47. The van der Waals surface area contributed by atoms with Crippen LogP contribution in [0.3, 0.4) is 0 Å². The predicted molar refractivity (Wildman–Crippen MR) is 79.2 cm³/mol. The van der Waals surface area contributed by atoms with E-state index < -0.39 is 0 Å². The largest absolute Gasteiger partial charge is 0.496 e.